The van der Waals surface area contributed by atoms with Crippen LogP contribution in [0.2, 0.25) is 10.0 Å². The van der Waals surface area contributed by atoms with Crippen LogP contribution in [0, 0.1) is 5.82 Å². The van der Waals surface area contributed by atoms with Crippen molar-refractivity contribution in [3.8, 4) is 17.0 Å². The third-order valence-electron chi connectivity index (χ3n) is 5.17. The third-order valence-corrected chi connectivity index (χ3v) is 8.56. The summed E-state index contributed by atoms with van der Waals surface area (Å²) in [5, 5.41) is 8.43. The van der Waals surface area contributed by atoms with Gasteiger partial charge in [0.15, 0.2) is 0 Å². The number of hydrogen-bond donors (Lipinski definition) is 3. The quantitative estimate of drug-likeness (QED) is 0.241. The summed E-state index contributed by atoms with van der Waals surface area (Å²) in [6.45, 7) is 0. The van der Waals surface area contributed by atoms with E-state index in [-0.39, 0.29) is 32.5 Å². The average molecular weight is 596 g/mol. The van der Waals surface area contributed by atoms with Crippen LogP contribution >= 0.6 is 23.2 Å². The van der Waals surface area contributed by atoms with E-state index in [2.05, 4.69) is 25.9 Å². The third kappa shape index (κ3) is 6.00. The number of halogens is 3. The Bertz CT molecular complexity index is 1750. The zero-order chi connectivity index (χ0) is 27.7. The van der Waals surface area contributed by atoms with Crippen molar-refractivity contribution in [3.63, 3.8) is 0 Å². The number of anilines is 3. The van der Waals surface area contributed by atoms with Gasteiger partial charge in [-0.05, 0) is 53.9 Å². The fraction of sp³-hybridized carbons (Fsp3) is 0.0417. The molecule has 0 aliphatic carbocycles. The summed E-state index contributed by atoms with van der Waals surface area (Å²) in [7, 11) is -5.74. The van der Waals surface area contributed by atoms with Gasteiger partial charge in [-0.15, -0.1) is 0 Å². The Kier molecular flexibility index (Phi) is 7.81. The van der Waals surface area contributed by atoms with Gasteiger partial charge in [-0.2, -0.15) is 4.98 Å². The largest absolute Gasteiger partial charge is 0.480 e. The number of sulfonamides is 1. The molecule has 1 unspecified atom stereocenters. The minimum atomic E-state index is -4.22. The Labute approximate surface area is 229 Å². The lowest BCUT2D eigenvalue weighted by Gasteiger charge is -2.13. The van der Waals surface area contributed by atoms with E-state index in [1.807, 2.05) is 0 Å². The molecule has 14 heteroatoms. The van der Waals surface area contributed by atoms with Gasteiger partial charge in [-0.25, -0.2) is 22.0 Å². The molecule has 4 aromatic rings. The normalized spacial score (nSPS) is 13.0. The molecule has 3 aromatic carbocycles. The minimum absolute atomic E-state index is 0.0458. The predicted octanol–water partition coefficient (Wildman–Crippen LogP) is 5.09. The molecule has 0 saturated heterocycles. The summed E-state index contributed by atoms with van der Waals surface area (Å²) < 4.78 is 60.1. The smallest absolute Gasteiger partial charge is 0.263 e. The average Bonchev–Trinajstić information content (AvgIpc) is 2.86. The molecule has 198 valence electrons. The van der Waals surface area contributed by atoms with Gasteiger partial charge in [0.1, 0.15) is 10.7 Å². The minimum Gasteiger partial charge on any atom is -0.480 e. The maximum Gasteiger partial charge on any atom is 0.263 e. The number of ether oxygens (including phenoxy) is 1. The number of rotatable bonds is 8. The number of hydrogen-bond acceptors (Lipinski definition) is 7. The van der Waals surface area contributed by atoms with Gasteiger partial charge < -0.3 is 10.1 Å². The Morgan fingerprint density at radius 2 is 1.79 bits per heavy atom. The van der Waals surface area contributed by atoms with Crippen molar-refractivity contribution in [1.29, 1.82) is 0 Å². The number of nitrogens with two attached hydrogens (primary N) is 1. The Morgan fingerprint density at radius 1 is 1.05 bits per heavy atom. The Morgan fingerprint density at radius 3 is 2.47 bits per heavy atom. The molecule has 1 heterocycles. The summed E-state index contributed by atoms with van der Waals surface area (Å²) >= 11 is 11.9. The van der Waals surface area contributed by atoms with Crippen molar-refractivity contribution >= 4 is 66.1 Å². The van der Waals surface area contributed by atoms with Gasteiger partial charge in [0.05, 0.1) is 38.1 Å². The van der Waals surface area contributed by atoms with Crippen molar-refractivity contribution in [2.45, 2.75) is 9.79 Å². The second-order valence-electron chi connectivity index (χ2n) is 7.85. The predicted molar refractivity (Wildman–Crippen MR) is 149 cm³/mol. The first-order valence-corrected chi connectivity index (χ1v) is 14.6. The number of methoxy groups -OCH3 is 1. The molecular formula is C24H20Cl2FN5O4S2. The van der Waals surface area contributed by atoms with Crippen molar-refractivity contribution in [1.82, 2.24) is 9.97 Å². The Balaban J connectivity index is 1.60. The molecule has 4 N–H and O–H groups in total. The van der Waals surface area contributed by atoms with Crippen LogP contribution in [0.5, 0.6) is 5.88 Å². The van der Waals surface area contributed by atoms with Crippen LogP contribution in [0.25, 0.3) is 11.1 Å². The van der Waals surface area contributed by atoms with Crippen molar-refractivity contribution in [2.24, 2.45) is 5.14 Å². The topological polar surface area (TPSA) is 136 Å². The van der Waals surface area contributed by atoms with E-state index in [9.17, 15) is 17.0 Å². The van der Waals surface area contributed by atoms with Gasteiger partial charge in [0, 0.05) is 16.8 Å². The second-order valence-corrected chi connectivity index (χ2v) is 12.2. The molecule has 0 saturated carbocycles. The maximum atomic E-state index is 15.0. The van der Waals surface area contributed by atoms with Gasteiger partial charge in [-0.1, -0.05) is 41.4 Å². The zero-order valence-corrected chi connectivity index (χ0v) is 22.8. The molecule has 1 atom stereocenters. The maximum absolute atomic E-state index is 15.0. The summed E-state index contributed by atoms with van der Waals surface area (Å²) in [4.78, 5) is 8.59. The summed E-state index contributed by atoms with van der Waals surface area (Å²) in [5.74, 6) is 2.88. The SMILES string of the molecule is C=S(N)(=O)c1cccc(Nc2ncc(-c3ccc(NS(=O)(=O)c4cccc(Cl)c4Cl)c(F)c3)c(OC)n2)c1. The number of aromatic nitrogens is 2. The molecule has 4 rings (SSSR count). The van der Waals surface area contributed by atoms with Gasteiger partial charge in [-0.3, -0.25) is 9.86 Å². The lowest BCUT2D eigenvalue weighted by atomic mass is 10.1. The first-order valence-electron chi connectivity index (χ1n) is 10.6. The van der Waals surface area contributed by atoms with Crippen LogP contribution in [0.3, 0.4) is 0 Å². The summed E-state index contributed by atoms with van der Waals surface area (Å²) in [5.41, 5.74) is 0.892. The lowest BCUT2D eigenvalue weighted by Crippen LogP contribution is -2.14. The first kappa shape index (κ1) is 27.6. The molecule has 0 spiro atoms. The van der Waals surface area contributed by atoms with Crippen LogP contribution in [-0.2, 0) is 19.7 Å². The highest BCUT2D eigenvalue weighted by atomic mass is 35.5. The molecule has 0 radical (unpaired) electrons. The van der Waals surface area contributed by atoms with E-state index >= 15 is 0 Å². The molecule has 0 fully saturated rings. The van der Waals surface area contributed by atoms with Crippen LogP contribution in [0.1, 0.15) is 0 Å². The number of benzene rings is 3. The van der Waals surface area contributed by atoms with Gasteiger partial charge in [0.25, 0.3) is 10.0 Å². The van der Waals surface area contributed by atoms with Crippen LogP contribution in [-0.4, -0.2) is 35.6 Å². The van der Waals surface area contributed by atoms with E-state index in [4.69, 9.17) is 33.1 Å². The van der Waals surface area contributed by atoms with E-state index in [0.29, 0.717) is 21.7 Å². The molecule has 38 heavy (non-hydrogen) atoms. The standard InChI is InChI=1S/C24H20Cl2FN5O4S2/c1-36-23-17(13-29-24(31-23)30-15-5-3-6-16(12-15)37(2,28)33)14-9-10-20(19(27)11-14)32-38(34,35)21-8-4-7-18(25)22(21)26/h3-13,32H,2H2,1H3,(H2,28,33)(H,29,30,31). The van der Waals surface area contributed by atoms with Crippen LogP contribution < -0.4 is 19.9 Å². The highest BCUT2D eigenvalue weighted by molar-refractivity contribution is 7.98. The number of nitrogens with zero attached hydrogens (tertiary/aromatic N) is 2. The van der Waals surface area contributed by atoms with Crippen molar-refractivity contribution in [3.05, 3.63) is 82.7 Å². The number of nitrogens with one attached hydrogen (secondary N) is 2. The van der Waals surface area contributed by atoms with E-state index in [1.54, 1.807) is 24.3 Å². The van der Waals surface area contributed by atoms with Gasteiger partial charge >= 0.3 is 0 Å². The fourth-order valence-electron chi connectivity index (χ4n) is 3.35. The summed E-state index contributed by atoms with van der Waals surface area (Å²) in [6.07, 6.45) is 1.41. The zero-order valence-electron chi connectivity index (χ0n) is 19.6. The first-order chi connectivity index (χ1) is 17.9. The van der Waals surface area contributed by atoms with Gasteiger partial charge in [0.2, 0.25) is 11.8 Å². The van der Waals surface area contributed by atoms with Crippen molar-refractivity contribution in [2.75, 3.05) is 17.1 Å². The molecule has 0 amide bonds. The highest BCUT2D eigenvalue weighted by Crippen LogP contribution is 2.34. The van der Waals surface area contributed by atoms with Crippen LogP contribution in [0.15, 0.2) is 76.7 Å². The van der Waals surface area contributed by atoms with E-state index in [1.165, 1.54) is 43.6 Å². The molecule has 0 bridgehead atoms. The fourth-order valence-corrected chi connectivity index (χ4v) is 5.82. The second kappa shape index (κ2) is 10.8. The van der Waals surface area contributed by atoms with Crippen LogP contribution in [0.4, 0.5) is 21.7 Å². The van der Waals surface area contributed by atoms with Crippen molar-refractivity contribution < 1.29 is 21.8 Å². The Hall–Kier alpha value is -3.42. The molecule has 0 aliphatic heterocycles. The molecule has 0 aliphatic rings. The molecular weight excluding hydrogens is 576 g/mol. The lowest BCUT2D eigenvalue weighted by molar-refractivity contribution is 0.399. The highest BCUT2D eigenvalue weighted by Gasteiger charge is 2.22. The summed E-state index contributed by atoms with van der Waals surface area (Å²) in [6, 6.07) is 14.5. The van der Waals surface area contributed by atoms with E-state index in [0.717, 1.165) is 6.07 Å². The van der Waals surface area contributed by atoms with E-state index < -0.39 is 25.5 Å². The monoisotopic (exact) mass is 595 g/mol. The molecule has 1 aromatic heterocycles. The molecule has 9 nitrogen and oxygen atoms in total.